The van der Waals surface area contributed by atoms with Crippen molar-refractivity contribution < 1.29 is 0 Å². The monoisotopic (exact) mass is 370 g/mol. The summed E-state index contributed by atoms with van der Waals surface area (Å²) in [7, 11) is 0. The van der Waals surface area contributed by atoms with Crippen LogP contribution >= 0.6 is 0 Å². The number of hydrogen-bond donors (Lipinski definition) is 0. The third-order valence-electron chi connectivity index (χ3n) is 5.59. The van der Waals surface area contributed by atoms with Gasteiger partial charge in [-0.3, -0.25) is 9.36 Å². The Morgan fingerprint density at radius 3 is 1.75 bits per heavy atom. The number of rotatable bonds is 2. The van der Waals surface area contributed by atoms with Crippen LogP contribution in [0.1, 0.15) is 22.3 Å². The molecule has 0 bridgehead atoms. The summed E-state index contributed by atoms with van der Waals surface area (Å²) in [5.74, 6) is 0. The van der Waals surface area contributed by atoms with Crippen LogP contribution in [0.5, 0.6) is 0 Å². The van der Waals surface area contributed by atoms with Crippen LogP contribution in [0.4, 0.5) is 0 Å². The number of fused-ring (bicyclic) bond motifs is 1. The maximum Gasteiger partial charge on any atom is 0.340 e. The average molecular weight is 370 g/mol. The minimum Gasteiger partial charge on any atom is -0.268 e. The van der Waals surface area contributed by atoms with Gasteiger partial charge in [-0.2, -0.15) is 0 Å². The fourth-order valence-electron chi connectivity index (χ4n) is 3.66. The summed E-state index contributed by atoms with van der Waals surface area (Å²) in [6.45, 7) is 7.94. The molecule has 0 spiro atoms. The lowest BCUT2D eigenvalue weighted by Gasteiger charge is -2.18. The molecule has 0 aliphatic rings. The lowest BCUT2D eigenvalue weighted by Crippen LogP contribution is -2.39. The van der Waals surface area contributed by atoms with Crippen molar-refractivity contribution in [3.8, 4) is 11.4 Å². The summed E-state index contributed by atoms with van der Waals surface area (Å²) in [6, 6.07) is 18.9. The summed E-state index contributed by atoms with van der Waals surface area (Å²) in [4.78, 5) is 27.0. The third kappa shape index (κ3) is 2.61. The molecule has 0 saturated heterocycles. The van der Waals surface area contributed by atoms with Crippen molar-refractivity contribution in [2.24, 2.45) is 0 Å². The van der Waals surface area contributed by atoms with Crippen molar-refractivity contribution in [3.63, 3.8) is 0 Å². The lowest BCUT2D eigenvalue weighted by molar-refractivity contribution is 0.825. The highest BCUT2D eigenvalue weighted by molar-refractivity contribution is 5.80. The van der Waals surface area contributed by atoms with E-state index in [1.165, 1.54) is 4.57 Å². The molecule has 3 aromatic carbocycles. The van der Waals surface area contributed by atoms with E-state index in [1.54, 1.807) is 10.6 Å². The summed E-state index contributed by atoms with van der Waals surface area (Å²) in [5, 5.41) is 0.518. The molecular weight excluding hydrogens is 348 g/mol. The number of aromatic nitrogens is 2. The number of aryl methyl sites for hydroxylation is 2. The molecule has 4 heteroatoms. The first-order chi connectivity index (χ1) is 13.4. The Morgan fingerprint density at radius 1 is 0.607 bits per heavy atom. The van der Waals surface area contributed by atoms with Gasteiger partial charge in [0.05, 0.1) is 22.3 Å². The van der Waals surface area contributed by atoms with E-state index in [2.05, 4.69) is 0 Å². The second kappa shape index (κ2) is 6.64. The number of benzene rings is 3. The smallest absolute Gasteiger partial charge is 0.268 e. The van der Waals surface area contributed by atoms with Crippen molar-refractivity contribution in [2.75, 3.05) is 0 Å². The van der Waals surface area contributed by atoms with Gasteiger partial charge in [0.1, 0.15) is 0 Å². The number of para-hydroxylation sites is 1. The van der Waals surface area contributed by atoms with Crippen LogP contribution in [0.15, 0.2) is 70.3 Å². The first-order valence-electron chi connectivity index (χ1n) is 9.32. The van der Waals surface area contributed by atoms with E-state index in [1.807, 2.05) is 82.3 Å². The van der Waals surface area contributed by atoms with Crippen LogP contribution in [-0.2, 0) is 0 Å². The second-order valence-electron chi connectivity index (χ2n) is 7.21. The Balaban J connectivity index is 2.24. The highest BCUT2D eigenvalue weighted by Gasteiger charge is 2.18. The van der Waals surface area contributed by atoms with Gasteiger partial charge < -0.3 is 0 Å². The van der Waals surface area contributed by atoms with Gasteiger partial charge in [-0.25, -0.2) is 9.36 Å². The Labute approximate surface area is 163 Å². The first-order valence-corrected chi connectivity index (χ1v) is 9.32. The average Bonchev–Trinajstić information content (AvgIpc) is 2.68. The van der Waals surface area contributed by atoms with E-state index in [-0.39, 0.29) is 11.2 Å². The van der Waals surface area contributed by atoms with E-state index >= 15 is 0 Å². The van der Waals surface area contributed by atoms with E-state index in [9.17, 15) is 9.59 Å². The zero-order valence-corrected chi connectivity index (χ0v) is 16.5. The molecule has 0 saturated carbocycles. The maximum absolute atomic E-state index is 13.7. The molecule has 0 aliphatic heterocycles. The van der Waals surface area contributed by atoms with Crippen LogP contribution in [0.3, 0.4) is 0 Å². The fraction of sp³-hybridized carbons (Fsp3) is 0.167. The standard InChI is InChI=1S/C24H22N2O2/c1-15-9-7-13-20(17(15)3)25-22-12-6-5-11-19(22)23(27)26(24(25)28)21-14-8-10-16(2)18(21)4/h5-14H,1-4H3. The van der Waals surface area contributed by atoms with Crippen LogP contribution in [0, 0.1) is 27.7 Å². The van der Waals surface area contributed by atoms with E-state index in [0.717, 1.165) is 27.9 Å². The zero-order chi connectivity index (χ0) is 20.0. The Morgan fingerprint density at radius 2 is 1.14 bits per heavy atom. The van der Waals surface area contributed by atoms with E-state index in [0.29, 0.717) is 16.6 Å². The molecule has 0 unspecified atom stereocenters. The Kier molecular flexibility index (Phi) is 4.27. The SMILES string of the molecule is Cc1cccc(-n2c(=O)c3ccccc3n(-c3cccc(C)c3C)c2=O)c1C. The van der Waals surface area contributed by atoms with Gasteiger partial charge in [0, 0.05) is 0 Å². The molecule has 0 N–H and O–H groups in total. The molecule has 140 valence electrons. The molecule has 4 aromatic rings. The highest BCUT2D eigenvalue weighted by atomic mass is 16.2. The predicted molar refractivity (Wildman–Crippen MR) is 114 cm³/mol. The van der Waals surface area contributed by atoms with Crippen LogP contribution < -0.4 is 11.2 Å². The third-order valence-corrected chi connectivity index (χ3v) is 5.59. The van der Waals surface area contributed by atoms with Crippen molar-refractivity contribution in [2.45, 2.75) is 27.7 Å². The van der Waals surface area contributed by atoms with Crippen LogP contribution in [0.2, 0.25) is 0 Å². The van der Waals surface area contributed by atoms with Crippen molar-refractivity contribution >= 4 is 10.9 Å². The second-order valence-corrected chi connectivity index (χ2v) is 7.21. The van der Waals surface area contributed by atoms with Crippen LogP contribution in [-0.4, -0.2) is 9.13 Å². The maximum atomic E-state index is 13.7. The normalized spacial score (nSPS) is 11.1. The molecular formula is C24H22N2O2. The summed E-state index contributed by atoms with van der Waals surface area (Å²) in [6.07, 6.45) is 0. The van der Waals surface area contributed by atoms with Gasteiger partial charge >= 0.3 is 5.69 Å². The minimum atomic E-state index is -0.355. The molecule has 4 rings (SSSR count). The topological polar surface area (TPSA) is 44.0 Å². The molecule has 1 aromatic heterocycles. The number of hydrogen-bond acceptors (Lipinski definition) is 2. The first kappa shape index (κ1) is 18.0. The quantitative estimate of drug-likeness (QED) is 0.526. The molecule has 0 amide bonds. The van der Waals surface area contributed by atoms with Crippen LogP contribution in [0.25, 0.3) is 22.3 Å². The van der Waals surface area contributed by atoms with E-state index < -0.39 is 0 Å². The largest absolute Gasteiger partial charge is 0.340 e. The Hall–Kier alpha value is -3.40. The van der Waals surface area contributed by atoms with Gasteiger partial charge in [0.15, 0.2) is 0 Å². The van der Waals surface area contributed by atoms with Gasteiger partial charge in [0.2, 0.25) is 0 Å². The predicted octanol–water partition coefficient (Wildman–Crippen LogP) is 4.38. The summed E-state index contributed by atoms with van der Waals surface area (Å²) in [5.41, 5.74) is 5.45. The summed E-state index contributed by atoms with van der Waals surface area (Å²) >= 11 is 0. The van der Waals surface area contributed by atoms with Gasteiger partial charge in [-0.15, -0.1) is 0 Å². The van der Waals surface area contributed by atoms with Crippen molar-refractivity contribution in [3.05, 3.63) is 104 Å². The van der Waals surface area contributed by atoms with Crippen molar-refractivity contribution in [1.29, 1.82) is 0 Å². The highest BCUT2D eigenvalue weighted by Crippen LogP contribution is 2.21. The number of nitrogens with zero attached hydrogens (tertiary/aromatic N) is 2. The molecule has 28 heavy (non-hydrogen) atoms. The molecule has 0 radical (unpaired) electrons. The van der Waals surface area contributed by atoms with Gasteiger partial charge in [-0.1, -0.05) is 36.4 Å². The molecule has 0 aliphatic carbocycles. The lowest BCUT2D eigenvalue weighted by atomic mass is 10.1. The minimum absolute atomic E-state index is 0.296. The zero-order valence-electron chi connectivity index (χ0n) is 16.5. The molecule has 4 nitrogen and oxygen atoms in total. The molecule has 0 fully saturated rings. The molecule has 1 heterocycles. The van der Waals surface area contributed by atoms with Gasteiger partial charge in [-0.05, 0) is 74.2 Å². The van der Waals surface area contributed by atoms with Crippen molar-refractivity contribution in [1.82, 2.24) is 9.13 Å². The van der Waals surface area contributed by atoms with E-state index in [4.69, 9.17) is 0 Å². The Bertz CT molecular complexity index is 1340. The van der Waals surface area contributed by atoms with Gasteiger partial charge in [0.25, 0.3) is 5.56 Å². The molecule has 0 atom stereocenters. The summed E-state index contributed by atoms with van der Waals surface area (Å²) < 4.78 is 2.95. The fourth-order valence-corrected chi connectivity index (χ4v) is 3.66.